The molecule has 2 fully saturated rings. The quantitative estimate of drug-likeness (QED) is 0.861. The number of aliphatic carboxylic acids is 1. The molecule has 1 atom stereocenters. The highest BCUT2D eigenvalue weighted by atomic mass is 19.1. The van der Waals surface area contributed by atoms with E-state index in [1.165, 1.54) is 24.0 Å². The van der Waals surface area contributed by atoms with Crippen LogP contribution in [0.2, 0.25) is 0 Å². The predicted molar refractivity (Wildman–Crippen MR) is 84.2 cm³/mol. The van der Waals surface area contributed by atoms with Crippen LogP contribution in [0.5, 0.6) is 0 Å². The molecule has 24 heavy (non-hydrogen) atoms. The van der Waals surface area contributed by atoms with Gasteiger partial charge in [-0.15, -0.1) is 0 Å². The lowest BCUT2D eigenvalue weighted by Gasteiger charge is -2.26. The first-order valence-electron chi connectivity index (χ1n) is 7.99. The first-order valence-corrected chi connectivity index (χ1v) is 7.99. The number of nitrogens with one attached hydrogen (secondary N) is 1. The Morgan fingerprint density at radius 2 is 2.08 bits per heavy atom. The summed E-state index contributed by atoms with van der Waals surface area (Å²) in [5.41, 5.74) is -1.21. The highest BCUT2D eigenvalue weighted by Crippen LogP contribution is 2.40. The SMILES string of the molecule is C[C@](NC(=O)c1cc(N2CCCC2=O)ccc1F)(C(=O)O)C1CC1. The van der Waals surface area contributed by atoms with Gasteiger partial charge in [-0.2, -0.15) is 0 Å². The van der Waals surface area contributed by atoms with Crippen molar-refractivity contribution in [2.45, 2.75) is 38.1 Å². The molecule has 0 bridgehead atoms. The predicted octanol–water partition coefficient (Wildman–Crippen LogP) is 1.94. The van der Waals surface area contributed by atoms with Crippen LogP contribution in [0.1, 0.15) is 43.0 Å². The maximum atomic E-state index is 14.1. The minimum atomic E-state index is -1.41. The monoisotopic (exact) mass is 334 g/mol. The first kappa shape index (κ1) is 16.4. The fourth-order valence-electron chi connectivity index (χ4n) is 3.07. The highest BCUT2D eigenvalue weighted by Gasteiger charge is 2.48. The zero-order chi connectivity index (χ0) is 17.5. The van der Waals surface area contributed by atoms with E-state index in [0.717, 1.165) is 12.5 Å². The van der Waals surface area contributed by atoms with Crippen molar-refractivity contribution in [3.63, 3.8) is 0 Å². The van der Waals surface area contributed by atoms with Crippen molar-refractivity contribution < 1.29 is 23.9 Å². The van der Waals surface area contributed by atoms with Gasteiger partial charge in [0.15, 0.2) is 0 Å². The van der Waals surface area contributed by atoms with Crippen molar-refractivity contribution in [1.82, 2.24) is 5.32 Å². The molecule has 1 saturated carbocycles. The van der Waals surface area contributed by atoms with Gasteiger partial charge in [0.1, 0.15) is 11.4 Å². The minimum Gasteiger partial charge on any atom is -0.480 e. The number of carbonyl (C=O) groups excluding carboxylic acids is 2. The Kier molecular flexibility index (Phi) is 4.03. The van der Waals surface area contributed by atoms with Crippen LogP contribution in [0.25, 0.3) is 0 Å². The molecule has 3 rings (SSSR count). The molecule has 0 aromatic heterocycles. The van der Waals surface area contributed by atoms with E-state index < -0.39 is 23.2 Å². The number of carbonyl (C=O) groups is 3. The van der Waals surface area contributed by atoms with Crippen molar-refractivity contribution in [2.24, 2.45) is 5.92 Å². The summed E-state index contributed by atoms with van der Waals surface area (Å²) in [4.78, 5) is 37.3. The second kappa shape index (κ2) is 5.89. The van der Waals surface area contributed by atoms with E-state index in [4.69, 9.17) is 0 Å². The molecule has 2 amide bonds. The summed E-state index contributed by atoms with van der Waals surface area (Å²) < 4.78 is 14.1. The van der Waals surface area contributed by atoms with Gasteiger partial charge in [-0.05, 0) is 50.3 Å². The van der Waals surface area contributed by atoms with Crippen LogP contribution in [0, 0.1) is 11.7 Å². The third kappa shape index (κ3) is 2.86. The molecule has 1 aromatic carbocycles. The lowest BCUT2D eigenvalue weighted by atomic mass is 9.95. The molecule has 0 spiro atoms. The number of carboxylic acids is 1. The van der Waals surface area contributed by atoms with E-state index in [1.807, 2.05) is 0 Å². The van der Waals surface area contributed by atoms with Crippen molar-refractivity contribution in [3.05, 3.63) is 29.6 Å². The molecule has 2 aliphatic rings. The molecule has 2 N–H and O–H groups in total. The number of hydrogen-bond acceptors (Lipinski definition) is 3. The van der Waals surface area contributed by atoms with Crippen LogP contribution < -0.4 is 10.2 Å². The van der Waals surface area contributed by atoms with Crippen LogP contribution in [0.15, 0.2) is 18.2 Å². The van der Waals surface area contributed by atoms with E-state index in [9.17, 15) is 23.9 Å². The maximum Gasteiger partial charge on any atom is 0.329 e. The third-order valence-corrected chi connectivity index (χ3v) is 4.79. The fourth-order valence-corrected chi connectivity index (χ4v) is 3.07. The second-order valence-corrected chi connectivity index (χ2v) is 6.55. The summed E-state index contributed by atoms with van der Waals surface area (Å²) in [6.45, 7) is 1.97. The van der Waals surface area contributed by atoms with E-state index in [-0.39, 0.29) is 17.4 Å². The third-order valence-electron chi connectivity index (χ3n) is 4.79. The molecule has 0 radical (unpaired) electrons. The van der Waals surface area contributed by atoms with Gasteiger partial charge >= 0.3 is 5.97 Å². The molecule has 1 saturated heterocycles. The Balaban J connectivity index is 1.86. The Bertz CT molecular complexity index is 717. The summed E-state index contributed by atoms with van der Waals surface area (Å²) in [7, 11) is 0. The average Bonchev–Trinajstić information content (AvgIpc) is 3.30. The molecular weight excluding hydrogens is 315 g/mol. The molecule has 1 heterocycles. The van der Waals surface area contributed by atoms with Gasteiger partial charge in [-0.25, -0.2) is 9.18 Å². The van der Waals surface area contributed by atoms with Gasteiger partial charge in [0.2, 0.25) is 5.91 Å². The number of hydrogen-bond donors (Lipinski definition) is 2. The molecule has 0 unspecified atom stereocenters. The summed E-state index contributed by atoms with van der Waals surface area (Å²) in [5, 5.41) is 11.9. The zero-order valence-electron chi connectivity index (χ0n) is 13.3. The number of carboxylic acid groups (broad SMARTS) is 1. The Morgan fingerprint density at radius 1 is 1.38 bits per heavy atom. The fraction of sp³-hybridized carbons (Fsp3) is 0.471. The van der Waals surface area contributed by atoms with Crippen LogP contribution in [-0.2, 0) is 9.59 Å². The van der Waals surface area contributed by atoms with E-state index >= 15 is 0 Å². The first-order chi connectivity index (χ1) is 11.3. The van der Waals surface area contributed by atoms with Gasteiger partial charge < -0.3 is 15.3 Å². The lowest BCUT2D eigenvalue weighted by Crippen LogP contribution is -2.54. The molecule has 7 heteroatoms. The zero-order valence-corrected chi connectivity index (χ0v) is 13.3. The van der Waals surface area contributed by atoms with Crippen LogP contribution in [0.4, 0.5) is 10.1 Å². The van der Waals surface area contributed by atoms with Gasteiger partial charge in [0.05, 0.1) is 5.56 Å². The molecule has 1 aliphatic heterocycles. The summed E-state index contributed by atoms with van der Waals surface area (Å²) >= 11 is 0. The van der Waals surface area contributed by atoms with E-state index in [1.54, 1.807) is 0 Å². The standard InChI is InChI=1S/C17H19FN2O4/c1-17(16(23)24,10-4-5-10)19-15(22)12-9-11(6-7-13(12)18)20-8-2-3-14(20)21/h6-7,9-10H,2-5,8H2,1H3,(H,19,22)(H,23,24)/t17-/m1/s1. The molecule has 128 valence electrons. The molecular formula is C17H19FN2O4. The van der Waals surface area contributed by atoms with E-state index in [0.29, 0.717) is 31.5 Å². The van der Waals surface area contributed by atoms with E-state index in [2.05, 4.69) is 5.32 Å². The number of amides is 2. The van der Waals surface area contributed by atoms with Crippen LogP contribution in [0.3, 0.4) is 0 Å². The summed E-state index contributed by atoms with van der Waals surface area (Å²) in [5.74, 6) is -2.87. The number of halogens is 1. The average molecular weight is 334 g/mol. The van der Waals surface area contributed by atoms with Crippen LogP contribution >= 0.6 is 0 Å². The largest absolute Gasteiger partial charge is 0.480 e. The van der Waals surface area contributed by atoms with Gasteiger partial charge in [-0.3, -0.25) is 9.59 Å². The number of nitrogens with zero attached hydrogens (tertiary/aromatic N) is 1. The maximum absolute atomic E-state index is 14.1. The van der Waals surface area contributed by atoms with Crippen molar-refractivity contribution in [3.8, 4) is 0 Å². The van der Waals surface area contributed by atoms with Crippen molar-refractivity contribution in [2.75, 3.05) is 11.4 Å². The van der Waals surface area contributed by atoms with Gasteiger partial charge in [0, 0.05) is 18.7 Å². The minimum absolute atomic E-state index is 0.0682. The van der Waals surface area contributed by atoms with Crippen molar-refractivity contribution in [1.29, 1.82) is 0 Å². The molecule has 6 nitrogen and oxygen atoms in total. The summed E-state index contributed by atoms with van der Waals surface area (Å²) in [6.07, 6.45) is 2.58. The summed E-state index contributed by atoms with van der Waals surface area (Å²) in [6, 6.07) is 3.89. The molecule has 1 aliphatic carbocycles. The Hall–Kier alpha value is -2.44. The van der Waals surface area contributed by atoms with Crippen LogP contribution in [-0.4, -0.2) is 35.0 Å². The highest BCUT2D eigenvalue weighted by molar-refractivity contribution is 6.01. The second-order valence-electron chi connectivity index (χ2n) is 6.55. The van der Waals surface area contributed by atoms with Gasteiger partial charge in [0.25, 0.3) is 5.91 Å². The molecule has 1 aromatic rings. The lowest BCUT2D eigenvalue weighted by molar-refractivity contribution is -0.144. The number of benzene rings is 1. The normalized spacial score (nSPS) is 19.9. The smallest absolute Gasteiger partial charge is 0.329 e. The Morgan fingerprint density at radius 3 is 2.62 bits per heavy atom. The Labute approximate surface area is 138 Å². The number of rotatable bonds is 5. The van der Waals surface area contributed by atoms with Crippen molar-refractivity contribution >= 4 is 23.5 Å². The van der Waals surface area contributed by atoms with Gasteiger partial charge in [-0.1, -0.05) is 0 Å². The number of anilines is 1. The topological polar surface area (TPSA) is 86.7 Å².